The molecule has 8 nitrogen and oxygen atoms in total. The lowest BCUT2D eigenvalue weighted by atomic mass is 10.1. The van der Waals surface area contributed by atoms with Crippen molar-refractivity contribution in [2.24, 2.45) is 14.1 Å². The normalized spacial score (nSPS) is 12.3. The monoisotopic (exact) mass is 447 g/mol. The van der Waals surface area contributed by atoms with Crippen LogP contribution >= 0.6 is 15.9 Å². The Kier molecular flexibility index (Phi) is 5.83. The third kappa shape index (κ3) is 3.80. The molecule has 1 N–H and O–H groups in total. The highest BCUT2D eigenvalue weighted by atomic mass is 79.9. The number of aromatic nitrogens is 4. The topological polar surface area (TPSA) is 90.9 Å². The molecule has 0 bridgehead atoms. The molecule has 2 heterocycles. The molecule has 0 aliphatic heterocycles. The summed E-state index contributed by atoms with van der Waals surface area (Å²) in [5.41, 5.74) is 0.929. The van der Waals surface area contributed by atoms with E-state index in [-0.39, 0.29) is 17.5 Å². The van der Waals surface area contributed by atoms with E-state index in [1.165, 1.54) is 17.9 Å². The number of halogens is 1. The van der Waals surface area contributed by atoms with Gasteiger partial charge in [0, 0.05) is 31.5 Å². The van der Waals surface area contributed by atoms with Crippen LogP contribution in [0.25, 0.3) is 11.2 Å². The maximum absolute atomic E-state index is 12.4. The number of benzene rings is 1. The summed E-state index contributed by atoms with van der Waals surface area (Å²) >= 11 is 3.49. The van der Waals surface area contributed by atoms with Gasteiger partial charge in [0.1, 0.15) is 0 Å². The van der Waals surface area contributed by atoms with Crippen LogP contribution < -0.4 is 16.6 Å². The van der Waals surface area contributed by atoms with Crippen LogP contribution in [0.4, 0.5) is 0 Å². The molecule has 0 fully saturated rings. The van der Waals surface area contributed by atoms with Gasteiger partial charge < -0.3 is 9.88 Å². The number of hydrogen-bond acceptors (Lipinski definition) is 4. The molecule has 2 aromatic heterocycles. The third-order valence-corrected chi connectivity index (χ3v) is 5.49. The van der Waals surface area contributed by atoms with E-state index in [1.807, 2.05) is 31.2 Å². The van der Waals surface area contributed by atoms with E-state index in [0.29, 0.717) is 30.6 Å². The molecule has 0 saturated carbocycles. The highest BCUT2D eigenvalue weighted by Crippen LogP contribution is 2.22. The second kappa shape index (κ2) is 8.14. The molecule has 0 saturated heterocycles. The first-order valence-corrected chi connectivity index (χ1v) is 9.75. The third-order valence-electron chi connectivity index (χ3n) is 4.77. The van der Waals surface area contributed by atoms with Gasteiger partial charge in [0.05, 0.1) is 12.4 Å². The number of fused-ring (bicyclic) bond motifs is 1. The van der Waals surface area contributed by atoms with E-state index in [1.54, 1.807) is 11.6 Å². The minimum absolute atomic E-state index is 0.0621. The van der Waals surface area contributed by atoms with Crippen molar-refractivity contribution in [1.82, 2.24) is 24.0 Å². The van der Waals surface area contributed by atoms with Crippen LogP contribution in [0.2, 0.25) is 0 Å². The highest BCUT2D eigenvalue weighted by molar-refractivity contribution is 9.10. The maximum atomic E-state index is 12.4. The first-order chi connectivity index (χ1) is 13.3. The Labute approximate surface area is 169 Å². The van der Waals surface area contributed by atoms with Crippen LogP contribution in [0.3, 0.4) is 0 Å². The highest BCUT2D eigenvalue weighted by Gasteiger charge is 2.15. The second-order valence-corrected chi connectivity index (χ2v) is 7.58. The molecule has 0 aliphatic rings. The van der Waals surface area contributed by atoms with Crippen LogP contribution in [0.1, 0.15) is 31.4 Å². The van der Waals surface area contributed by atoms with Crippen molar-refractivity contribution in [1.29, 1.82) is 0 Å². The molecule has 9 heteroatoms. The molecule has 0 radical (unpaired) electrons. The van der Waals surface area contributed by atoms with Gasteiger partial charge in [-0.2, -0.15) is 0 Å². The summed E-state index contributed by atoms with van der Waals surface area (Å²) in [6.45, 7) is 2.40. The summed E-state index contributed by atoms with van der Waals surface area (Å²) in [5, 5.41) is 2.99. The summed E-state index contributed by atoms with van der Waals surface area (Å²) in [7, 11) is 3.02. The van der Waals surface area contributed by atoms with Crippen LogP contribution in [0.15, 0.2) is 44.7 Å². The molecule has 1 aromatic carbocycles. The largest absolute Gasteiger partial charge is 0.350 e. The van der Waals surface area contributed by atoms with Crippen molar-refractivity contribution in [2.75, 3.05) is 0 Å². The number of nitrogens with zero attached hydrogens (tertiary/aromatic N) is 4. The van der Waals surface area contributed by atoms with Gasteiger partial charge in [-0.25, -0.2) is 9.78 Å². The molecule has 3 aromatic rings. The zero-order chi connectivity index (χ0) is 20.4. The molecule has 28 heavy (non-hydrogen) atoms. The molecular weight excluding hydrogens is 426 g/mol. The fraction of sp³-hybridized carbons (Fsp3) is 0.368. The van der Waals surface area contributed by atoms with Crippen LogP contribution in [0, 0.1) is 0 Å². The van der Waals surface area contributed by atoms with Gasteiger partial charge in [-0.1, -0.05) is 34.1 Å². The number of amides is 1. The number of rotatable bonds is 6. The number of carbonyl (C=O) groups excluding carboxylic acids is 1. The molecule has 1 atom stereocenters. The summed E-state index contributed by atoms with van der Waals surface area (Å²) < 4.78 is 5.06. The van der Waals surface area contributed by atoms with Crippen LogP contribution in [0.5, 0.6) is 0 Å². The number of aryl methyl sites for hydroxylation is 2. The van der Waals surface area contributed by atoms with Crippen molar-refractivity contribution in [2.45, 2.75) is 32.4 Å². The van der Waals surface area contributed by atoms with E-state index in [2.05, 4.69) is 26.2 Å². The predicted molar refractivity (Wildman–Crippen MR) is 110 cm³/mol. The SMILES string of the molecule is CC(NC(=O)CCCn1cnc2c1c(=O)n(C)c(=O)n2C)c1ccccc1Br. The lowest BCUT2D eigenvalue weighted by Gasteiger charge is -2.16. The van der Waals surface area contributed by atoms with E-state index >= 15 is 0 Å². The average Bonchev–Trinajstić information content (AvgIpc) is 3.09. The van der Waals surface area contributed by atoms with Gasteiger partial charge in [-0.15, -0.1) is 0 Å². The van der Waals surface area contributed by atoms with E-state index in [4.69, 9.17) is 0 Å². The fourth-order valence-corrected chi connectivity index (χ4v) is 3.82. The number of carbonyl (C=O) groups is 1. The van der Waals surface area contributed by atoms with Crippen molar-refractivity contribution < 1.29 is 4.79 Å². The first-order valence-electron chi connectivity index (χ1n) is 8.96. The van der Waals surface area contributed by atoms with Gasteiger partial charge >= 0.3 is 5.69 Å². The Bertz CT molecular complexity index is 1140. The Morgan fingerprint density at radius 1 is 1.21 bits per heavy atom. The number of hydrogen-bond donors (Lipinski definition) is 1. The number of imidazole rings is 1. The first kappa shape index (κ1) is 20.1. The van der Waals surface area contributed by atoms with Gasteiger partial charge in [0.15, 0.2) is 11.2 Å². The summed E-state index contributed by atoms with van der Waals surface area (Å²) in [6, 6.07) is 7.65. The summed E-state index contributed by atoms with van der Waals surface area (Å²) in [6.07, 6.45) is 2.40. The van der Waals surface area contributed by atoms with Crippen molar-refractivity contribution in [3.63, 3.8) is 0 Å². The Morgan fingerprint density at radius 2 is 1.93 bits per heavy atom. The van der Waals surface area contributed by atoms with Crippen molar-refractivity contribution in [3.8, 4) is 0 Å². The predicted octanol–water partition coefficient (Wildman–Crippen LogP) is 1.85. The van der Waals surface area contributed by atoms with E-state index in [0.717, 1.165) is 14.6 Å². The minimum atomic E-state index is -0.414. The molecule has 1 unspecified atom stereocenters. The standard InChI is InChI=1S/C19H22BrN5O3/c1-12(13-7-4-5-8-14(13)20)22-15(26)9-6-10-25-11-21-17-16(25)18(27)24(3)19(28)23(17)2/h4-5,7-8,11-12H,6,9-10H2,1-3H3,(H,22,26). The summed E-state index contributed by atoms with van der Waals surface area (Å²) in [4.78, 5) is 40.9. The molecule has 1 amide bonds. The zero-order valence-electron chi connectivity index (χ0n) is 16.0. The maximum Gasteiger partial charge on any atom is 0.332 e. The van der Waals surface area contributed by atoms with E-state index < -0.39 is 5.69 Å². The molecule has 3 rings (SSSR count). The van der Waals surface area contributed by atoms with Gasteiger partial charge in [0.2, 0.25) is 5.91 Å². The molecule has 0 aliphatic carbocycles. The molecule has 0 spiro atoms. The lowest BCUT2D eigenvalue weighted by molar-refractivity contribution is -0.121. The lowest BCUT2D eigenvalue weighted by Crippen LogP contribution is -2.37. The van der Waals surface area contributed by atoms with Gasteiger partial charge in [-0.3, -0.25) is 18.7 Å². The summed E-state index contributed by atoms with van der Waals surface area (Å²) in [5.74, 6) is -0.0621. The zero-order valence-corrected chi connectivity index (χ0v) is 17.6. The van der Waals surface area contributed by atoms with Crippen LogP contribution in [-0.4, -0.2) is 24.6 Å². The van der Waals surface area contributed by atoms with Crippen LogP contribution in [-0.2, 0) is 25.4 Å². The van der Waals surface area contributed by atoms with Crippen molar-refractivity contribution >= 4 is 33.0 Å². The smallest absolute Gasteiger partial charge is 0.332 e. The minimum Gasteiger partial charge on any atom is -0.350 e. The van der Waals surface area contributed by atoms with Gasteiger partial charge in [-0.05, 0) is 25.0 Å². The Morgan fingerprint density at radius 3 is 2.64 bits per heavy atom. The second-order valence-electron chi connectivity index (χ2n) is 6.73. The number of nitrogens with one attached hydrogen (secondary N) is 1. The quantitative estimate of drug-likeness (QED) is 0.623. The molecular formula is C19H22BrN5O3. The molecule has 148 valence electrons. The van der Waals surface area contributed by atoms with Gasteiger partial charge in [0.25, 0.3) is 5.56 Å². The Balaban J connectivity index is 1.66. The average molecular weight is 448 g/mol. The van der Waals surface area contributed by atoms with Crippen molar-refractivity contribution in [3.05, 3.63) is 61.5 Å². The Hall–Kier alpha value is -2.68. The van der Waals surface area contributed by atoms with E-state index in [9.17, 15) is 14.4 Å². The fourth-order valence-electron chi connectivity index (χ4n) is 3.19.